The lowest BCUT2D eigenvalue weighted by Crippen LogP contribution is -2.28. The zero-order valence-electron chi connectivity index (χ0n) is 39.4. The molecule has 3 aromatic heterocycles. The molecule has 14 rings (SSSR count). The molecule has 0 amide bonds. The first-order valence-corrected chi connectivity index (χ1v) is 26.1. The maximum atomic E-state index is 4.98. The van der Waals surface area contributed by atoms with Crippen LogP contribution in [0.3, 0.4) is 0 Å². The molecular formula is C66H43N5S2. The largest absolute Gasteiger partial charge is 0.310 e. The van der Waals surface area contributed by atoms with Gasteiger partial charge in [0.2, 0.25) is 0 Å². The first kappa shape index (κ1) is 42.8. The number of fused-ring (bicyclic) bond motifs is 6. The molecule has 7 heteroatoms. The molecule has 0 saturated heterocycles. The lowest BCUT2D eigenvalue weighted by atomic mass is 9.67. The topological polar surface area (TPSA) is 45.2 Å². The van der Waals surface area contributed by atoms with Gasteiger partial charge in [0, 0.05) is 45.8 Å². The highest BCUT2D eigenvalue weighted by atomic mass is 32.1. The van der Waals surface area contributed by atoms with Gasteiger partial charge in [-0.1, -0.05) is 115 Å². The second-order valence-electron chi connectivity index (χ2n) is 18.4. The minimum Gasteiger partial charge on any atom is -0.310 e. The molecule has 5 nitrogen and oxygen atoms in total. The number of aromatic nitrogens is 3. The van der Waals surface area contributed by atoms with Gasteiger partial charge in [-0.05, 0) is 178 Å². The maximum absolute atomic E-state index is 4.98. The highest BCUT2D eigenvalue weighted by Gasteiger charge is 2.46. The van der Waals surface area contributed by atoms with E-state index in [4.69, 9.17) is 9.97 Å². The van der Waals surface area contributed by atoms with Crippen molar-refractivity contribution in [3.8, 4) is 32.3 Å². The average Bonchev–Trinajstić information content (AvgIpc) is 4.23. The summed E-state index contributed by atoms with van der Waals surface area (Å²) in [6.45, 7) is 0. The number of pyridine rings is 1. The minimum absolute atomic E-state index is 0.652. The van der Waals surface area contributed by atoms with Crippen molar-refractivity contribution in [2.24, 2.45) is 0 Å². The highest BCUT2D eigenvalue weighted by Crippen LogP contribution is 2.58. The molecule has 0 saturated carbocycles. The Kier molecular flexibility index (Phi) is 10.4. The molecule has 0 radical (unpaired) electrons. The minimum atomic E-state index is -0.652. The normalized spacial score (nSPS) is 12.5. The van der Waals surface area contributed by atoms with Gasteiger partial charge in [0.15, 0.2) is 0 Å². The van der Waals surface area contributed by atoms with Crippen LogP contribution >= 0.6 is 22.7 Å². The Hall–Kier alpha value is -9.01. The van der Waals surface area contributed by atoms with E-state index in [-0.39, 0.29) is 0 Å². The van der Waals surface area contributed by atoms with E-state index >= 15 is 0 Å². The Morgan fingerprint density at radius 2 is 0.822 bits per heavy atom. The lowest BCUT2D eigenvalue weighted by Gasteiger charge is -2.35. The molecule has 1 aliphatic carbocycles. The van der Waals surface area contributed by atoms with Crippen molar-refractivity contribution in [1.29, 1.82) is 0 Å². The van der Waals surface area contributed by atoms with Crippen LogP contribution in [0.5, 0.6) is 0 Å². The molecular weight excluding hydrogens is 927 g/mol. The fraction of sp³-hybridized carbons (Fsp3) is 0.0152. The summed E-state index contributed by atoms with van der Waals surface area (Å²) < 4.78 is 2.38. The quantitative estimate of drug-likeness (QED) is 0.137. The summed E-state index contributed by atoms with van der Waals surface area (Å²) in [4.78, 5) is 19.3. The fourth-order valence-corrected chi connectivity index (χ4v) is 12.9. The molecule has 0 atom stereocenters. The number of thiazole rings is 2. The van der Waals surface area contributed by atoms with E-state index in [1.54, 1.807) is 22.7 Å². The zero-order valence-corrected chi connectivity index (χ0v) is 41.0. The first-order valence-electron chi connectivity index (χ1n) is 24.5. The molecule has 0 aliphatic heterocycles. The van der Waals surface area contributed by atoms with Crippen molar-refractivity contribution >= 4 is 88.0 Å². The van der Waals surface area contributed by atoms with E-state index in [1.807, 2.05) is 30.6 Å². The van der Waals surface area contributed by atoms with Gasteiger partial charge in [-0.15, -0.1) is 22.7 Å². The van der Waals surface area contributed by atoms with E-state index in [1.165, 1.54) is 48.2 Å². The van der Waals surface area contributed by atoms with Crippen molar-refractivity contribution in [1.82, 2.24) is 15.0 Å². The Labute approximate surface area is 431 Å². The third-order valence-electron chi connectivity index (χ3n) is 14.2. The molecule has 73 heavy (non-hydrogen) atoms. The molecule has 0 N–H and O–H groups in total. The van der Waals surface area contributed by atoms with Crippen LogP contribution in [-0.2, 0) is 5.41 Å². The van der Waals surface area contributed by atoms with E-state index < -0.39 is 5.41 Å². The molecule has 0 unspecified atom stereocenters. The summed E-state index contributed by atoms with van der Waals surface area (Å²) >= 11 is 3.45. The molecule has 0 bridgehead atoms. The number of nitrogens with zero attached hydrogens (tertiary/aromatic N) is 5. The van der Waals surface area contributed by atoms with Gasteiger partial charge in [-0.2, -0.15) is 0 Å². The van der Waals surface area contributed by atoms with E-state index in [9.17, 15) is 0 Å². The SMILES string of the molecule is c1ccc(N(c2ccc(-c3nc4ccccc4s3)cc2)c2ccc3cc4c(cc3c2)C(c2ccccc2)(c2ccccc2)c2cc(N(c3ccc(-c5nc6ccccc6s5)cc3)c3cccnc3)ccc2-4)cc1. The van der Waals surface area contributed by atoms with Gasteiger partial charge in [0.1, 0.15) is 10.0 Å². The third kappa shape index (κ3) is 7.31. The summed E-state index contributed by atoms with van der Waals surface area (Å²) in [6, 6.07) is 90.1. The van der Waals surface area contributed by atoms with E-state index in [0.29, 0.717) is 0 Å². The highest BCUT2D eigenvalue weighted by molar-refractivity contribution is 7.22. The standard InChI is InChI=1S/C66H43N5S2/c1-4-15-48(16-5-1)66(49-17-6-2-7-18-49)58-41-47-39-53(70(50-19-8-3-9-20-50)51-31-26-44(27-32-51)64-68-60-22-10-12-24-62(60)72-64)35-30-46(47)40-57(58)56-37-36-54(42-59(56)66)71(55-21-14-38-67-43-55)52-33-28-45(29-34-52)65-69-61-23-11-13-25-63(61)73-65/h1-43H. The maximum Gasteiger partial charge on any atom is 0.124 e. The Bertz CT molecular complexity index is 4030. The summed E-state index contributed by atoms with van der Waals surface area (Å²) in [7, 11) is 0. The van der Waals surface area contributed by atoms with Gasteiger partial charge < -0.3 is 9.80 Å². The van der Waals surface area contributed by atoms with Gasteiger partial charge in [-0.3, -0.25) is 4.98 Å². The van der Waals surface area contributed by atoms with Crippen LogP contribution in [0, 0.1) is 0 Å². The van der Waals surface area contributed by atoms with Crippen molar-refractivity contribution in [2.45, 2.75) is 5.41 Å². The van der Waals surface area contributed by atoms with Gasteiger partial charge >= 0.3 is 0 Å². The number of hydrogen-bond acceptors (Lipinski definition) is 7. The second-order valence-corrected chi connectivity index (χ2v) is 20.5. The predicted octanol–water partition coefficient (Wildman–Crippen LogP) is 18.1. The van der Waals surface area contributed by atoms with Gasteiger partial charge in [0.25, 0.3) is 0 Å². The van der Waals surface area contributed by atoms with Crippen molar-refractivity contribution in [3.05, 3.63) is 283 Å². The van der Waals surface area contributed by atoms with Crippen LogP contribution in [-0.4, -0.2) is 15.0 Å². The second kappa shape index (κ2) is 17.7. The number of hydrogen-bond donors (Lipinski definition) is 0. The Morgan fingerprint density at radius 3 is 1.40 bits per heavy atom. The van der Waals surface area contributed by atoms with Crippen LogP contribution in [0.4, 0.5) is 34.1 Å². The molecule has 10 aromatic carbocycles. The fourth-order valence-electron chi connectivity index (χ4n) is 10.9. The van der Waals surface area contributed by atoms with Gasteiger partial charge in [-0.25, -0.2) is 9.97 Å². The Balaban J connectivity index is 0.923. The lowest BCUT2D eigenvalue weighted by molar-refractivity contribution is 0.769. The molecule has 0 fully saturated rings. The number of benzene rings is 10. The Morgan fingerprint density at radius 1 is 0.342 bits per heavy atom. The zero-order chi connectivity index (χ0) is 48.3. The van der Waals surface area contributed by atoms with Crippen LogP contribution < -0.4 is 9.80 Å². The van der Waals surface area contributed by atoms with E-state index in [0.717, 1.165) is 71.7 Å². The smallest absolute Gasteiger partial charge is 0.124 e. The summed E-state index contributed by atoms with van der Waals surface area (Å²) in [5.74, 6) is 0. The summed E-state index contributed by atoms with van der Waals surface area (Å²) in [6.07, 6.45) is 3.79. The van der Waals surface area contributed by atoms with Crippen molar-refractivity contribution in [3.63, 3.8) is 0 Å². The molecule has 1 aliphatic rings. The van der Waals surface area contributed by atoms with Crippen LogP contribution in [0.25, 0.3) is 63.5 Å². The first-order chi connectivity index (χ1) is 36.2. The summed E-state index contributed by atoms with van der Waals surface area (Å²) in [5.41, 5.74) is 17.2. The molecule has 13 aromatic rings. The monoisotopic (exact) mass is 969 g/mol. The number of para-hydroxylation sites is 3. The predicted molar refractivity (Wildman–Crippen MR) is 306 cm³/mol. The van der Waals surface area contributed by atoms with Crippen LogP contribution in [0.1, 0.15) is 22.3 Å². The number of anilines is 6. The molecule has 3 heterocycles. The van der Waals surface area contributed by atoms with Crippen LogP contribution in [0.2, 0.25) is 0 Å². The molecule has 0 spiro atoms. The van der Waals surface area contributed by atoms with E-state index in [2.05, 4.69) is 245 Å². The average molecular weight is 970 g/mol. The van der Waals surface area contributed by atoms with Crippen LogP contribution in [0.15, 0.2) is 261 Å². The third-order valence-corrected chi connectivity index (χ3v) is 16.4. The van der Waals surface area contributed by atoms with Crippen molar-refractivity contribution < 1.29 is 0 Å². The number of rotatable bonds is 10. The molecule has 344 valence electrons. The van der Waals surface area contributed by atoms with Gasteiger partial charge in [0.05, 0.1) is 37.7 Å². The summed E-state index contributed by atoms with van der Waals surface area (Å²) in [5, 5.41) is 4.37. The van der Waals surface area contributed by atoms with Crippen molar-refractivity contribution in [2.75, 3.05) is 9.80 Å².